The first-order valence-corrected chi connectivity index (χ1v) is 12.2. The number of carbonyl (C=O) groups is 1. The Morgan fingerprint density at radius 3 is 2.79 bits per heavy atom. The molecule has 0 fully saturated rings. The summed E-state index contributed by atoms with van der Waals surface area (Å²) in [6.45, 7) is 1.97. The van der Waals surface area contributed by atoms with E-state index in [0.717, 1.165) is 34.4 Å². The molecule has 2 N–H and O–H groups in total. The predicted octanol–water partition coefficient (Wildman–Crippen LogP) is 2.92. The molecule has 0 aliphatic rings. The highest BCUT2D eigenvalue weighted by Crippen LogP contribution is 2.22. The number of thiazole rings is 1. The minimum absolute atomic E-state index is 0.0635. The second-order valence-electron chi connectivity index (χ2n) is 6.36. The Kier molecular flexibility index (Phi) is 6.42. The first-order valence-electron chi connectivity index (χ1n) is 8.44. The van der Waals surface area contributed by atoms with E-state index in [4.69, 9.17) is 0 Å². The van der Waals surface area contributed by atoms with Gasteiger partial charge in [-0.05, 0) is 47.4 Å². The number of carbonyl (C=O) groups excluding carboxylic acids is 1. The van der Waals surface area contributed by atoms with Gasteiger partial charge in [-0.25, -0.2) is 13.4 Å². The van der Waals surface area contributed by atoms with E-state index < -0.39 is 10.0 Å². The molecule has 1 atom stereocenters. The van der Waals surface area contributed by atoms with Crippen LogP contribution in [-0.2, 0) is 27.7 Å². The lowest BCUT2D eigenvalue weighted by Gasteiger charge is -2.19. The van der Waals surface area contributed by atoms with E-state index in [2.05, 4.69) is 25.4 Å². The molecule has 0 radical (unpaired) electrons. The summed E-state index contributed by atoms with van der Waals surface area (Å²) in [7, 11) is -3.39. The molecule has 0 spiro atoms. The summed E-state index contributed by atoms with van der Waals surface area (Å²) in [4.78, 5) is 21.2. The lowest BCUT2D eigenvalue weighted by atomic mass is 10.0. The maximum atomic E-state index is 12.6. The molecular formula is C18H20N4O3S3. The third-order valence-corrected chi connectivity index (χ3v) is 6.13. The molecule has 28 heavy (non-hydrogen) atoms. The SMILES string of the molecule is Cc1cccnc1[C@@H](Cc1ccsc1)NC(=O)Cc1csc(NS(C)(=O)=O)n1. The Bertz CT molecular complexity index is 1050. The quantitative estimate of drug-likeness (QED) is 0.565. The highest BCUT2D eigenvalue weighted by atomic mass is 32.2. The number of sulfonamides is 1. The van der Waals surface area contributed by atoms with Crippen LogP contribution in [0.2, 0.25) is 0 Å². The normalized spacial score (nSPS) is 12.5. The molecule has 3 rings (SSSR count). The van der Waals surface area contributed by atoms with Crippen LogP contribution in [0.5, 0.6) is 0 Å². The van der Waals surface area contributed by atoms with Gasteiger partial charge in [0.25, 0.3) is 0 Å². The van der Waals surface area contributed by atoms with E-state index >= 15 is 0 Å². The van der Waals surface area contributed by atoms with Gasteiger partial charge in [-0.2, -0.15) is 11.3 Å². The van der Waals surface area contributed by atoms with Crippen molar-refractivity contribution in [3.05, 3.63) is 63.1 Å². The molecule has 7 nitrogen and oxygen atoms in total. The van der Waals surface area contributed by atoms with Crippen LogP contribution in [0.4, 0.5) is 5.13 Å². The van der Waals surface area contributed by atoms with Crippen molar-refractivity contribution in [2.45, 2.75) is 25.8 Å². The van der Waals surface area contributed by atoms with Crippen LogP contribution in [0.15, 0.2) is 40.5 Å². The van der Waals surface area contributed by atoms with Crippen LogP contribution in [0.25, 0.3) is 0 Å². The Morgan fingerprint density at radius 2 is 2.11 bits per heavy atom. The first-order chi connectivity index (χ1) is 13.3. The van der Waals surface area contributed by atoms with Crippen LogP contribution in [0.1, 0.15) is 28.6 Å². The van der Waals surface area contributed by atoms with Crippen molar-refractivity contribution >= 4 is 43.7 Å². The summed E-state index contributed by atoms with van der Waals surface area (Å²) in [5, 5.41) is 9.03. The molecule has 10 heteroatoms. The average Bonchev–Trinajstić information content (AvgIpc) is 3.25. The van der Waals surface area contributed by atoms with Gasteiger partial charge in [-0.3, -0.25) is 14.5 Å². The highest BCUT2D eigenvalue weighted by molar-refractivity contribution is 7.92. The topological polar surface area (TPSA) is 101 Å². The van der Waals surface area contributed by atoms with E-state index in [9.17, 15) is 13.2 Å². The van der Waals surface area contributed by atoms with Gasteiger partial charge in [-0.15, -0.1) is 11.3 Å². The molecule has 0 bridgehead atoms. The number of thiophene rings is 1. The van der Waals surface area contributed by atoms with E-state index in [0.29, 0.717) is 12.1 Å². The third kappa shape index (κ3) is 5.85. The van der Waals surface area contributed by atoms with E-state index in [-0.39, 0.29) is 23.5 Å². The van der Waals surface area contributed by atoms with E-state index in [1.807, 2.05) is 30.5 Å². The number of amides is 1. The smallest absolute Gasteiger partial charge is 0.231 e. The number of rotatable bonds is 8. The molecule has 3 aromatic rings. The van der Waals surface area contributed by atoms with Crippen molar-refractivity contribution in [3.63, 3.8) is 0 Å². The van der Waals surface area contributed by atoms with Gasteiger partial charge >= 0.3 is 0 Å². The minimum Gasteiger partial charge on any atom is -0.347 e. The van der Waals surface area contributed by atoms with Gasteiger partial charge in [0.05, 0.1) is 30.1 Å². The Balaban J connectivity index is 1.71. The number of pyridine rings is 1. The third-order valence-electron chi connectivity index (χ3n) is 3.90. The molecule has 0 unspecified atom stereocenters. The van der Waals surface area contributed by atoms with Gasteiger partial charge < -0.3 is 5.32 Å². The molecule has 3 aromatic heterocycles. The van der Waals surface area contributed by atoms with E-state index in [1.54, 1.807) is 22.9 Å². The van der Waals surface area contributed by atoms with Crippen molar-refractivity contribution in [1.82, 2.24) is 15.3 Å². The zero-order valence-corrected chi connectivity index (χ0v) is 17.8. The summed E-state index contributed by atoms with van der Waals surface area (Å²) >= 11 is 2.76. The predicted molar refractivity (Wildman–Crippen MR) is 112 cm³/mol. The van der Waals surface area contributed by atoms with Crippen LogP contribution < -0.4 is 10.0 Å². The maximum absolute atomic E-state index is 12.6. The highest BCUT2D eigenvalue weighted by Gasteiger charge is 2.20. The van der Waals surface area contributed by atoms with Gasteiger partial charge in [0, 0.05) is 11.6 Å². The fourth-order valence-electron chi connectivity index (χ4n) is 2.73. The Morgan fingerprint density at radius 1 is 1.29 bits per heavy atom. The number of nitrogens with one attached hydrogen (secondary N) is 2. The molecule has 0 aliphatic carbocycles. The number of aromatic nitrogens is 2. The fraction of sp³-hybridized carbons (Fsp3) is 0.278. The lowest BCUT2D eigenvalue weighted by Crippen LogP contribution is -2.32. The van der Waals surface area contributed by atoms with Crippen LogP contribution >= 0.6 is 22.7 Å². The van der Waals surface area contributed by atoms with Crippen molar-refractivity contribution in [1.29, 1.82) is 0 Å². The number of hydrogen-bond donors (Lipinski definition) is 2. The summed E-state index contributed by atoms with van der Waals surface area (Å²) in [5.74, 6) is -0.193. The second kappa shape index (κ2) is 8.80. The summed E-state index contributed by atoms with van der Waals surface area (Å²) in [6, 6.07) is 5.62. The zero-order chi connectivity index (χ0) is 20.1. The van der Waals surface area contributed by atoms with Gasteiger partial charge in [-0.1, -0.05) is 6.07 Å². The number of nitrogens with zero attached hydrogens (tertiary/aromatic N) is 2. The Hall–Kier alpha value is -2.30. The van der Waals surface area contributed by atoms with Crippen molar-refractivity contribution < 1.29 is 13.2 Å². The number of hydrogen-bond acceptors (Lipinski definition) is 7. The average molecular weight is 437 g/mol. The second-order valence-corrected chi connectivity index (χ2v) is 9.74. The van der Waals surface area contributed by atoms with Crippen molar-refractivity contribution in [2.75, 3.05) is 11.0 Å². The zero-order valence-electron chi connectivity index (χ0n) is 15.4. The van der Waals surface area contributed by atoms with Crippen LogP contribution in [0.3, 0.4) is 0 Å². The molecule has 0 aromatic carbocycles. The number of anilines is 1. The van der Waals surface area contributed by atoms with Crippen molar-refractivity contribution in [3.8, 4) is 0 Å². The lowest BCUT2D eigenvalue weighted by molar-refractivity contribution is -0.121. The minimum atomic E-state index is -3.39. The molecule has 0 saturated carbocycles. The Labute approximate surface area is 171 Å². The van der Waals surface area contributed by atoms with E-state index in [1.165, 1.54) is 0 Å². The van der Waals surface area contributed by atoms with Gasteiger partial charge in [0.2, 0.25) is 15.9 Å². The standard InChI is InChI=1S/C18H20N4O3S3/c1-12-4-3-6-19-17(12)15(8-13-5-7-26-10-13)21-16(23)9-14-11-27-18(20-14)22-28(2,24)25/h3-7,10-11,15H,8-9H2,1-2H3,(H,20,22)(H,21,23)/t15-/m1/s1. The van der Waals surface area contributed by atoms with Gasteiger partial charge in [0.1, 0.15) is 0 Å². The molecule has 0 saturated heterocycles. The number of aryl methyl sites for hydroxylation is 1. The van der Waals surface area contributed by atoms with Gasteiger partial charge in [0.15, 0.2) is 5.13 Å². The summed E-state index contributed by atoms with van der Waals surface area (Å²) in [5.41, 5.74) is 3.49. The molecular weight excluding hydrogens is 416 g/mol. The molecule has 148 valence electrons. The largest absolute Gasteiger partial charge is 0.347 e. The molecule has 0 aliphatic heterocycles. The summed E-state index contributed by atoms with van der Waals surface area (Å²) < 4.78 is 24.9. The fourth-order valence-corrected chi connectivity index (χ4v) is 4.97. The molecule has 3 heterocycles. The maximum Gasteiger partial charge on any atom is 0.231 e. The van der Waals surface area contributed by atoms with Crippen LogP contribution in [0, 0.1) is 6.92 Å². The first kappa shape index (κ1) is 20.4. The monoisotopic (exact) mass is 436 g/mol. The summed E-state index contributed by atoms with van der Waals surface area (Å²) in [6.07, 6.45) is 3.49. The molecule has 1 amide bonds. The van der Waals surface area contributed by atoms with Crippen molar-refractivity contribution in [2.24, 2.45) is 0 Å². The van der Waals surface area contributed by atoms with Crippen LogP contribution in [-0.4, -0.2) is 30.5 Å².